The van der Waals surface area contributed by atoms with Crippen LogP contribution in [0.5, 0.6) is 0 Å². The molecule has 3 nitrogen and oxygen atoms in total. The second kappa shape index (κ2) is 3.59. The zero-order valence-corrected chi connectivity index (χ0v) is 9.20. The average molecular weight is 211 g/mol. The zero-order chi connectivity index (χ0) is 11.0. The molecule has 1 aromatic carbocycles. The second-order valence-corrected chi connectivity index (χ2v) is 4.18. The largest absolute Gasteiger partial charge is 0.284 e. The van der Waals surface area contributed by atoms with Gasteiger partial charge in [-0.15, -0.1) is 0 Å². The number of allylic oxidation sites excluding steroid dienone is 1. The van der Waals surface area contributed by atoms with Gasteiger partial charge in [-0.2, -0.15) is 5.10 Å². The highest BCUT2D eigenvalue weighted by Gasteiger charge is 2.07. The van der Waals surface area contributed by atoms with Crippen molar-refractivity contribution >= 4 is 16.6 Å². The van der Waals surface area contributed by atoms with Gasteiger partial charge in [-0.25, -0.2) is 0 Å². The molecule has 0 aliphatic carbocycles. The molecule has 1 aromatic heterocycles. The van der Waals surface area contributed by atoms with Crippen LogP contribution in [0.15, 0.2) is 41.0 Å². The summed E-state index contributed by atoms with van der Waals surface area (Å²) in [5.74, 6) is 0. The third-order valence-corrected chi connectivity index (χ3v) is 2.91. The summed E-state index contributed by atoms with van der Waals surface area (Å²) in [4.78, 5) is 4.55. The van der Waals surface area contributed by atoms with Crippen LogP contribution in [0.3, 0.4) is 0 Å². The van der Waals surface area contributed by atoms with E-state index in [0.29, 0.717) is 0 Å². The van der Waals surface area contributed by atoms with Crippen molar-refractivity contribution in [2.24, 2.45) is 4.99 Å². The summed E-state index contributed by atoms with van der Waals surface area (Å²) >= 11 is 0. The molecule has 0 bridgehead atoms. The number of aromatic amines is 1. The van der Waals surface area contributed by atoms with Gasteiger partial charge < -0.3 is 0 Å². The molecular formula is C13H13N3. The summed E-state index contributed by atoms with van der Waals surface area (Å²) in [6, 6.07) is 6.28. The molecule has 1 aliphatic rings. The van der Waals surface area contributed by atoms with Crippen LogP contribution >= 0.6 is 0 Å². The number of fused-ring (bicyclic) bond motifs is 1. The van der Waals surface area contributed by atoms with Crippen LogP contribution in [0.1, 0.15) is 18.9 Å². The Bertz CT molecular complexity index is 590. The third kappa shape index (κ3) is 1.54. The maximum Gasteiger partial charge on any atom is 0.0650 e. The minimum Gasteiger partial charge on any atom is -0.284 e. The smallest absolute Gasteiger partial charge is 0.0650 e. The van der Waals surface area contributed by atoms with Gasteiger partial charge in [0.1, 0.15) is 0 Å². The first-order valence-electron chi connectivity index (χ1n) is 5.48. The van der Waals surface area contributed by atoms with E-state index < -0.39 is 0 Å². The second-order valence-electron chi connectivity index (χ2n) is 4.18. The first-order chi connectivity index (χ1) is 7.83. The molecule has 2 aromatic rings. The van der Waals surface area contributed by atoms with E-state index in [-0.39, 0.29) is 0 Å². The fraction of sp³-hybridized carbons (Fsp3) is 0.231. The Hall–Kier alpha value is -1.90. The Labute approximate surface area is 93.9 Å². The predicted octanol–water partition coefficient (Wildman–Crippen LogP) is 2.70. The Kier molecular flexibility index (Phi) is 2.10. The van der Waals surface area contributed by atoms with Crippen molar-refractivity contribution in [1.82, 2.24) is 10.2 Å². The number of aromatic nitrogens is 2. The number of hydrogen-bond donors (Lipinski definition) is 1. The van der Waals surface area contributed by atoms with Crippen LogP contribution in [-0.4, -0.2) is 22.5 Å². The molecule has 3 rings (SSSR count). The highest BCUT2D eigenvalue weighted by Crippen LogP contribution is 2.17. The lowest BCUT2D eigenvalue weighted by molar-refractivity contribution is 0.936. The van der Waals surface area contributed by atoms with Gasteiger partial charge in [0.05, 0.1) is 17.4 Å². The highest BCUT2D eigenvalue weighted by molar-refractivity contribution is 6.10. The fourth-order valence-electron chi connectivity index (χ4n) is 1.98. The lowest BCUT2D eigenvalue weighted by Crippen LogP contribution is -2.04. The maximum absolute atomic E-state index is 4.55. The SMILES string of the molecule is CC1=CC(c2ccc3[nH]ncc3c2)=NCC1. The van der Waals surface area contributed by atoms with E-state index in [1.807, 2.05) is 6.20 Å². The van der Waals surface area contributed by atoms with Crippen molar-refractivity contribution in [3.8, 4) is 0 Å². The number of nitrogens with zero attached hydrogens (tertiary/aromatic N) is 2. The molecule has 80 valence electrons. The highest BCUT2D eigenvalue weighted by atomic mass is 15.1. The minimum absolute atomic E-state index is 0.904. The number of aliphatic imine (C=N–C) groups is 1. The summed E-state index contributed by atoms with van der Waals surface area (Å²) in [6.07, 6.45) is 5.10. The number of rotatable bonds is 1. The van der Waals surface area contributed by atoms with Gasteiger partial charge in [0.15, 0.2) is 0 Å². The minimum atomic E-state index is 0.904. The summed E-state index contributed by atoms with van der Waals surface area (Å²) < 4.78 is 0. The van der Waals surface area contributed by atoms with Crippen molar-refractivity contribution in [3.63, 3.8) is 0 Å². The van der Waals surface area contributed by atoms with Gasteiger partial charge in [0.2, 0.25) is 0 Å². The summed E-state index contributed by atoms with van der Waals surface area (Å²) in [5.41, 5.74) is 4.73. The molecule has 0 unspecified atom stereocenters. The molecule has 16 heavy (non-hydrogen) atoms. The van der Waals surface area contributed by atoms with E-state index in [4.69, 9.17) is 0 Å². The first-order valence-corrected chi connectivity index (χ1v) is 5.48. The van der Waals surface area contributed by atoms with Crippen LogP contribution < -0.4 is 0 Å². The van der Waals surface area contributed by atoms with Crippen LogP contribution in [0.25, 0.3) is 10.9 Å². The Morgan fingerprint density at radius 1 is 1.31 bits per heavy atom. The first kappa shape index (κ1) is 9.33. The molecule has 0 saturated carbocycles. The number of benzene rings is 1. The van der Waals surface area contributed by atoms with E-state index in [1.165, 1.54) is 11.1 Å². The molecular weight excluding hydrogens is 198 g/mol. The van der Waals surface area contributed by atoms with Crippen molar-refractivity contribution in [3.05, 3.63) is 41.6 Å². The van der Waals surface area contributed by atoms with E-state index >= 15 is 0 Å². The number of H-pyrrole nitrogens is 1. The Morgan fingerprint density at radius 3 is 3.12 bits per heavy atom. The van der Waals surface area contributed by atoms with Gasteiger partial charge in [-0.1, -0.05) is 11.6 Å². The van der Waals surface area contributed by atoms with Crippen LogP contribution in [0.4, 0.5) is 0 Å². The van der Waals surface area contributed by atoms with Crippen LogP contribution in [0.2, 0.25) is 0 Å². The van der Waals surface area contributed by atoms with Gasteiger partial charge >= 0.3 is 0 Å². The Balaban J connectivity index is 2.08. The number of dihydropyridines is 1. The summed E-state index contributed by atoms with van der Waals surface area (Å²) in [6.45, 7) is 3.06. The van der Waals surface area contributed by atoms with Crippen molar-refractivity contribution in [2.75, 3.05) is 6.54 Å². The molecule has 0 atom stereocenters. The van der Waals surface area contributed by atoms with E-state index in [0.717, 1.165) is 29.6 Å². The van der Waals surface area contributed by atoms with Crippen molar-refractivity contribution in [2.45, 2.75) is 13.3 Å². The lowest BCUT2D eigenvalue weighted by Gasteiger charge is -2.10. The molecule has 0 fully saturated rings. The standard InChI is InChI=1S/C13H13N3/c1-9-4-5-14-13(6-9)10-2-3-12-11(7-10)8-15-16-12/h2-3,6-8H,4-5H2,1H3,(H,15,16). The molecule has 0 saturated heterocycles. The van der Waals surface area contributed by atoms with Crippen molar-refractivity contribution in [1.29, 1.82) is 0 Å². The van der Waals surface area contributed by atoms with E-state index in [2.05, 4.69) is 46.4 Å². The average Bonchev–Trinajstić information content (AvgIpc) is 2.75. The molecule has 1 aliphatic heterocycles. The molecule has 0 amide bonds. The quantitative estimate of drug-likeness (QED) is 0.774. The lowest BCUT2D eigenvalue weighted by atomic mass is 10.0. The fourth-order valence-corrected chi connectivity index (χ4v) is 1.98. The van der Waals surface area contributed by atoms with E-state index in [1.54, 1.807) is 0 Å². The van der Waals surface area contributed by atoms with E-state index in [9.17, 15) is 0 Å². The van der Waals surface area contributed by atoms with Crippen molar-refractivity contribution < 1.29 is 0 Å². The van der Waals surface area contributed by atoms with Crippen LogP contribution in [0, 0.1) is 0 Å². The van der Waals surface area contributed by atoms with Gasteiger partial charge in [-0.3, -0.25) is 10.1 Å². The molecule has 2 heterocycles. The Morgan fingerprint density at radius 2 is 2.25 bits per heavy atom. The van der Waals surface area contributed by atoms with Gasteiger partial charge in [0, 0.05) is 17.5 Å². The summed E-state index contributed by atoms with van der Waals surface area (Å²) in [5, 5.41) is 8.11. The summed E-state index contributed by atoms with van der Waals surface area (Å²) in [7, 11) is 0. The number of nitrogens with one attached hydrogen (secondary N) is 1. The molecule has 1 N–H and O–H groups in total. The zero-order valence-electron chi connectivity index (χ0n) is 9.20. The monoisotopic (exact) mass is 211 g/mol. The molecule has 3 heteroatoms. The third-order valence-electron chi connectivity index (χ3n) is 2.91. The van der Waals surface area contributed by atoms with Crippen LogP contribution in [-0.2, 0) is 0 Å². The van der Waals surface area contributed by atoms with Gasteiger partial charge in [-0.05, 0) is 31.6 Å². The maximum atomic E-state index is 4.55. The van der Waals surface area contributed by atoms with Gasteiger partial charge in [0.25, 0.3) is 0 Å². The molecule has 0 radical (unpaired) electrons. The normalized spacial score (nSPS) is 16.1. The predicted molar refractivity (Wildman–Crippen MR) is 65.9 cm³/mol. The topological polar surface area (TPSA) is 41.0 Å². The number of hydrogen-bond acceptors (Lipinski definition) is 2. The molecule has 0 spiro atoms.